The van der Waals surface area contributed by atoms with Crippen LogP contribution in [0.15, 0.2) is 42.6 Å². The molecule has 1 heterocycles. The number of hydrogen-bond acceptors (Lipinski definition) is 3. The lowest BCUT2D eigenvalue weighted by Gasteiger charge is -2.10. The van der Waals surface area contributed by atoms with E-state index in [0.29, 0.717) is 10.9 Å². The molecule has 0 saturated carbocycles. The number of benzene rings is 1. The van der Waals surface area contributed by atoms with Gasteiger partial charge >= 0.3 is 0 Å². The second-order valence-corrected chi connectivity index (χ2v) is 5.14. The van der Waals surface area contributed by atoms with Gasteiger partial charge in [0.25, 0.3) is 0 Å². The highest BCUT2D eigenvalue weighted by molar-refractivity contribution is 7.80. The highest BCUT2D eigenvalue weighted by atomic mass is 32.1. The Kier molecular flexibility index (Phi) is 4.12. The predicted molar refractivity (Wildman–Crippen MR) is 83.9 cm³/mol. The maximum absolute atomic E-state index is 5.54. The van der Waals surface area contributed by atoms with Gasteiger partial charge in [-0.15, -0.1) is 0 Å². The summed E-state index contributed by atoms with van der Waals surface area (Å²) < 4.78 is 0. The number of nitrogens with zero attached hydrogens (tertiary/aromatic N) is 1. The maximum Gasteiger partial charge on any atom is 0.130 e. The molecule has 0 amide bonds. The second-order valence-electron chi connectivity index (χ2n) is 4.70. The van der Waals surface area contributed by atoms with E-state index in [-0.39, 0.29) is 0 Å². The largest absolute Gasteiger partial charge is 0.389 e. The minimum Gasteiger partial charge on any atom is -0.389 e. The molecule has 3 nitrogen and oxygen atoms in total. The van der Waals surface area contributed by atoms with Gasteiger partial charge in [-0.3, -0.25) is 0 Å². The second kappa shape index (κ2) is 5.80. The zero-order valence-electron chi connectivity index (χ0n) is 11.1. The molecule has 0 saturated heterocycles. The number of rotatable bonds is 4. The zero-order chi connectivity index (χ0) is 13.8. The van der Waals surface area contributed by atoms with E-state index in [9.17, 15) is 0 Å². The summed E-state index contributed by atoms with van der Waals surface area (Å²) in [6, 6.07) is 12.1. The van der Waals surface area contributed by atoms with Crippen molar-refractivity contribution in [1.29, 1.82) is 0 Å². The number of aromatic nitrogens is 1. The summed E-state index contributed by atoms with van der Waals surface area (Å²) in [6.45, 7) is 4.35. The predicted octanol–water partition coefficient (Wildman–Crippen LogP) is 3.58. The summed E-state index contributed by atoms with van der Waals surface area (Å²) in [6.07, 6.45) is 1.68. The van der Waals surface area contributed by atoms with Crippen molar-refractivity contribution < 1.29 is 0 Å². The van der Waals surface area contributed by atoms with Gasteiger partial charge in [0, 0.05) is 17.4 Å². The molecule has 0 unspecified atom stereocenters. The first kappa shape index (κ1) is 13.5. The van der Waals surface area contributed by atoms with Gasteiger partial charge in [0.2, 0.25) is 0 Å². The van der Waals surface area contributed by atoms with Gasteiger partial charge in [-0.25, -0.2) is 4.98 Å². The molecule has 19 heavy (non-hydrogen) atoms. The lowest BCUT2D eigenvalue weighted by Crippen LogP contribution is -2.09. The highest BCUT2D eigenvalue weighted by Crippen LogP contribution is 2.21. The molecule has 0 bridgehead atoms. The molecule has 98 valence electrons. The quantitative estimate of drug-likeness (QED) is 0.834. The molecule has 0 aliphatic carbocycles. The van der Waals surface area contributed by atoms with Crippen molar-refractivity contribution in [2.75, 3.05) is 5.32 Å². The fourth-order valence-corrected chi connectivity index (χ4v) is 1.86. The molecule has 4 heteroatoms. The molecule has 1 aromatic heterocycles. The lowest BCUT2D eigenvalue weighted by atomic mass is 10.0. The monoisotopic (exact) mass is 271 g/mol. The fraction of sp³-hybridized carbons (Fsp3) is 0.200. The Morgan fingerprint density at radius 1 is 1.26 bits per heavy atom. The van der Waals surface area contributed by atoms with E-state index in [1.807, 2.05) is 24.3 Å². The molecule has 0 spiro atoms. The average molecular weight is 271 g/mol. The third-order valence-corrected chi connectivity index (χ3v) is 3.11. The van der Waals surface area contributed by atoms with Crippen LogP contribution in [0.3, 0.4) is 0 Å². The Labute approximate surface area is 118 Å². The standard InChI is InChI=1S/C15H17N3S/c1-10(2)11-4-3-5-13(8-11)18-14-7-6-12(9-17-14)15(16)19/h3-10H,1-2H3,(H2,16,19)(H,17,18). The first-order chi connectivity index (χ1) is 9.06. The Morgan fingerprint density at radius 3 is 2.63 bits per heavy atom. The number of thiocarbonyl (C=S) groups is 1. The van der Waals surface area contributed by atoms with Gasteiger partial charge < -0.3 is 11.1 Å². The van der Waals surface area contributed by atoms with Crippen molar-refractivity contribution in [1.82, 2.24) is 4.98 Å². The summed E-state index contributed by atoms with van der Waals surface area (Å²) in [4.78, 5) is 4.65. The Morgan fingerprint density at radius 2 is 2.05 bits per heavy atom. The van der Waals surface area contributed by atoms with Crippen LogP contribution in [0, 0.1) is 0 Å². The molecule has 0 fully saturated rings. The first-order valence-electron chi connectivity index (χ1n) is 6.19. The number of nitrogens with one attached hydrogen (secondary N) is 1. The smallest absolute Gasteiger partial charge is 0.130 e. The highest BCUT2D eigenvalue weighted by Gasteiger charge is 2.02. The van der Waals surface area contributed by atoms with Crippen LogP contribution in [-0.2, 0) is 0 Å². The van der Waals surface area contributed by atoms with Crippen molar-refractivity contribution in [3.63, 3.8) is 0 Å². The Hall–Kier alpha value is -1.94. The summed E-state index contributed by atoms with van der Waals surface area (Å²) in [5.74, 6) is 1.28. The minimum atomic E-state index is 0.362. The summed E-state index contributed by atoms with van der Waals surface area (Å²) in [5.41, 5.74) is 8.64. The van der Waals surface area contributed by atoms with Crippen LogP contribution in [0.4, 0.5) is 11.5 Å². The van der Waals surface area contributed by atoms with Crippen LogP contribution >= 0.6 is 12.2 Å². The lowest BCUT2D eigenvalue weighted by molar-refractivity contribution is 0.867. The van der Waals surface area contributed by atoms with Crippen molar-refractivity contribution in [2.24, 2.45) is 5.73 Å². The SMILES string of the molecule is CC(C)c1cccc(Nc2ccc(C(N)=S)cn2)c1. The van der Waals surface area contributed by atoms with Crippen LogP contribution in [0.1, 0.15) is 30.9 Å². The third-order valence-electron chi connectivity index (χ3n) is 2.87. The first-order valence-corrected chi connectivity index (χ1v) is 6.60. The van der Waals surface area contributed by atoms with Crippen LogP contribution in [0.25, 0.3) is 0 Å². The van der Waals surface area contributed by atoms with Crippen molar-refractivity contribution in [3.8, 4) is 0 Å². The van der Waals surface area contributed by atoms with Crippen molar-refractivity contribution >= 4 is 28.7 Å². The molecule has 2 aromatic rings. The van der Waals surface area contributed by atoms with Gasteiger partial charge in [-0.2, -0.15) is 0 Å². The van der Waals surface area contributed by atoms with E-state index in [1.54, 1.807) is 6.20 Å². The zero-order valence-corrected chi connectivity index (χ0v) is 11.9. The molecule has 0 aliphatic rings. The molecule has 2 rings (SSSR count). The molecule has 0 aliphatic heterocycles. The van der Waals surface area contributed by atoms with Crippen LogP contribution in [-0.4, -0.2) is 9.97 Å². The maximum atomic E-state index is 5.54. The van der Waals surface area contributed by atoms with E-state index in [0.717, 1.165) is 17.1 Å². The van der Waals surface area contributed by atoms with Gasteiger partial charge in [0.05, 0.1) is 0 Å². The summed E-state index contributed by atoms with van der Waals surface area (Å²) >= 11 is 4.90. The minimum absolute atomic E-state index is 0.362. The molecule has 0 atom stereocenters. The normalized spacial score (nSPS) is 10.5. The van der Waals surface area contributed by atoms with Gasteiger partial charge in [0.15, 0.2) is 0 Å². The number of nitrogens with two attached hydrogens (primary N) is 1. The van der Waals surface area contributed by atoms with E-state index >= 15 is 0 Å². The average Bonchev–Trinajstić information content (AvgIpc) is 2.39. The summed E-state index contributed by atoms with van der Waals surface area (Å²) in [5, 5.41) is 3.27. The Bertz CT molecular complexity index is 576. The van der Waals surface area contributed by atoms with Gasteiger partial charge in [-0.05, 0) is 35.7 Å². The van der Waals surface area contributed by atoms with E-state index in [4.69, 9.17) is 18.0 Å². The van der Waals surface area contributed by atoms with E-state index in [1.165, 1.54) is 5.56 Å². The Balaban J connectivity index is 2.16. The number of pyridine rings is 1. The molecular formula is C15H17N3S. The van der Waals surface area contributed by atoms with E-state index < -0.39 is 0 Å². The molecule has 0 radical (unpaired) electrons. The topological polar surface area (TPSA) is 50.9 Å². The van der Waals surface area contributed by atoms with Crippen LogP contribution < -0.4 is 11.1 Å². The van der Waals surface area contributed by atoms with Gasteiger partial charge in [0.1, 0.15) is 10.8 Å². The summed E-state index contributed by atoms with van der Waals surface area (Å²) in [7, 11) is 0. The van der Waals surface area contributed by atoms with E-state index in [2.05, 4.69) is 36.3 Å². The third kappa shape index (κ3) is 3.51. The fourth-order valence-electron chi connectivity index (χ4n) is 1.74. The number of hydrogen-bond donors (Lipinski definition) is 2. The van der Waals surface area contributed by atoms with Gasteiger partial charge in [-0.1, -0.05) is 38.2 Å². The molecular weight excluding hydrogens is 254 g/mol. The molecule has 1 aromatic carbocycles. The van der Waals surface area contributed by atoms with Crippen molar-refractivity contribution in [2.45, 2.75) is 19.8 Å². The van der Waals surface area contributed by atoms with Crippen LogP contribution in [0.2, 0.25) is 0 Å². The van der Waals surface area contributed by atoms with Crippen LogP contribution in [0.5, 0.6) is 0 Å². The van der Waals surface area contributed by atoms with Crippen molar-refractivity contribution in [3.05, 3.63) is 53.7 Å². The number of anilines is 2. The molecule has 3 N–H and O–H groups in total.